The fourth-order valence-corrected chi connectivity index (χ4v) is 5.33. The second-order valence-corrected chi connectivity index (χ2v) is 8.28. The van der Waals surface area contributed by atoms with Gasteiger partial charge in [0, 0.05) is 11.3 Å². The van der Waals surface area contributed by atoms with Crippen molar-refractivity contribution in [2.75, 3.05) is 23.4 Å². The van der Waals surface area contributed by atoms with E-state index in [2.05, 4.69) is 23.4 Å². The van der Waals surface area contributed by atoms with Gasteiger partial charge in [-0.25, -0.2) is 0 Å². The molecular weight excluding hydrogens is 350 g/mol. The quantitative estimate of drug-likeness (QED) is 0.785. The number of anilines is 1. The number of carbonyl (C=O) groups is 1. The molecule has 1 heterocycles. The molecule has 5 heteroatoms. The van der Waals surface area contributed by atoms with Crippen LogP contribution in [0, 0.1) is 12.3 Å². The lowest BCUT2D eigenvalue weighted by Gasteiger charge is -2.21. The normalized spacial score (nSPS) is 14.5. The molecule has 3 rings (SSSR count). The van der Waals surface area contributed by atoms with Gasteiger partial charge in [0.05, 0.1) is 4.58 Å². The first-order valence-electron chi connectivity index (χ1n) is 8.07. The summed E-state index contributed by atoms with van der Waals surface area (Å²) >= 11 is 3.98. The summed E-state index contributed by atoms with van der Waals surface area (Å²) in [5, 5.41) is 2.78. The van der Waals surface area contributed by atoms with Crippen LogP contribution in [-0.4, -0.2) is 24.0 Å². The topological polar surface area (TPSA) is 38.3 Å². The Balaban J connectivity index is 1.50. The lowest BCUT2D eigenvalue weighted by atomic mass is 10.2. The number of terminal acetylenes is 1. The zero-order chi connectivity index (χ0) is 17.5. The van der Waals surface area contributed by atoms with Crippen LogP contribution in [0.4, 0.5) is 5.69 Å². The van der Waals surface area contributed by atoms with Crippen LogP contribution in [0.15, 0.2) is 48.5 Å². The van der Waals surface area contributed by atoms with Crippen LogP contribution in [-0.2, 0) is 4.79 Å². The number of thioether (sulfide) groups is 2. The Morgan fingerprint density at radius 3 is 2.68 bits per heavy atom. The van der Waals surface area contributed by atoms with Crippen LogP contribution in [0.5, 0.6) is 5.75 Å². The van der Waals surface area contributed by atoms with E-state index < -0.39 is 0 Å². The first kappa shape index (κ1) is 17.8. The maximum Gasteiger partial charge on any atom is 0.262 e. The molecule has 1 aliphatic heterocycles. The van der Waals surface area contributed by atoms with Crippen LogP contribution in [0.1, 0.15) is 22.1 Å². The SMILES string of the molecule is C#Cc1cccc(NC(=O)COc2ccc(C3SCCCS3)cc2)c1. The molecule has 1 saturated heterocycles. The van der Waals surface area contributed by atoms with Crippen molar-refractivity contribution in [3.63, 3.8) is 0 Å². The van der Waals surface area contributed by atoms with Crippen LogP contribution in [0.3, 0.4) is 0 Å². The predicted octanol–water partition coefficient (Wildman–Crippen LogP) is 4.55. The van der Waals surface area contributed by atoms with E-state index >= 15 is 0 Å². The molecular formula is C20H19NO2S2. The Bertz CT molecular complexity index is 762. The van der Waals surface area contributed by atoms with Gasteiger partial charge in [0.2, 0.25) is 0 Å². The van der Waals surface area contributed by atoms with Gasteiger partial charge in [-0.1, -0.05) is 24.1 Å². The highest BCUT2D eigenvalue weighted by Crippen LogP contribution is 2.43. The lowest BCUT2D eigenvalue weighted by molar-refractivity contribution is -0.118. The average molecular weight is 370 g/mol. The summed E-state index contributed by atoms with van der Waals surface area (Å²) in [6.07, 6.45) is 6.64. The number of ether oxygens (including phenoxy) is 1. The van der Waals surface area contributed by atoms with Crippen molar-refractivity contribution in [2.24, 2.45) is 0 Å². The minimum Gasteiger partial charge on any atom is -0.484 e. The van der Waals surface area contributed by atoms with E-state index in [0.29, 0.717) is 16.0 Å². The van der Waals surface area contributed by atoms with Crippen molar-refractivity contribution in [2.45, 2.75) is 11.0 Å². The molecule has 0 bridgehead atoms. The highest BCUT2D eigenvalue weighted by Gasteiger charge is 2.16. The molecule has 1 amide bonds. The molecule has 0 aliphatic carbocycles. The first-order valence-corrected chi connectivity index (χ1v) is 10.2. The number of rotatable bonds is 5. The number of amides is 1. The monoisotopic (exact) mass is 369 g/mol. The van der Waals surface area contributed by atoms with Crippen molar-refractivity contribution in [1.82, 2.24) is 0 Å². The Morgan fingerprint density at radius 1 is 1.20 bits per heavy atom. The van der Waals surface area contributed by atoms with Gasteiger partial charge in [-0.2, -0.15) is 0 Å². The standard InChI is InChI=1S/C20H19NO2S2/c1-2-15-5-3-6-17(13-15)21-19(22)14-23-18-9-7-16(8-10-18)20-24-11-4-12-25-20/h1,3,5-10,13,20H,4,11-12,14H2,(H,21,22). The Hall–Kier alpha value is -2.03. The molecule has 0 atom stereocenters. The maximum atomic E-state index is 12.0. The van der Waals surface area contributed by atoms with E-state index in [-0.39, 0.29) is 12.5 Å². The fraction of sp³-hybridized carbons (Fsp3) is 0.250. The molecule has 0 unspecified atom stereocenters. The largest absolute Gasteiger partial charge is 0.484 e. The summed E-state index contributed by atoms with van der Waals surface area (Å²) in [5.41, 5.74) is 2.70. The molecule has 2 aromatic carbocycles. The smallest absolute Gasteiger partial charge is 0.262 e. The molecule has 0 radical (unpaired) electrons. The highest BCUT2D eigenvalue weighted by atomic mass is 32.2. The van der Waals surface area contributed by atoms with Gasteiger partial charge < -0.3 is 10.1 Å². The summed E-state index contributed by atoms with van der Waals surface area (Å²) in [6, 6.07) is 15.2. The summed E-state index contributed by atoms with van der Waals surface area (Å²) in [5.74, 6) is 5.47. The van der Waals surface area contributed by atoms with Gasteiger partial charge in [0.1, 0.15) is 5.75 Å². The molecule has 1 N–H and O–H groups in total. The predicted molar refractivity (Wildman–Crippen MR) is 107 cm³/mol. The molecule has 0 spiro atoms. The zero-order valence-electron chi connectivity index (χ0n) is 13.7. The van der Waals surface area contributed by atoms with E-state index in [1.165, 1.54) is 23.5 Å². The van der Waals surface area contributed by atoms with Gasteiger partial charge >= 0.3 is 0 Å². The van der Waals surface area contributed by atoms with Crippen LogP contribution < -0.4 is 10.1 Å². The maximum absolute atomic E-state index is 12.0. The Labute approximate surface area is 156 Å². The van der Waals surface area contributed by atoms with E-state index in [4.69, 9.17) is 11.2 Å². The average Bonchev–Trinajstić information content (AvgIpc) is 2.67. The van der Waals surface area contributed by atoms with Gasteiger partial charge in [0.15, 0.2) is 6.61 Å². The van der Waals surface area contributed by atoms with Gasteiger partial charge in [-0.3, -0.25) is 4.79 Å². The molecule has 3 nitrogen and oxygen atoms in total. The second-order valence-electron chi connectivity index (χ2n) is 5.56. The zero-order valence-corrected chi connectivity index (χ0v) is 15.4. The van der Waals surface area contributed by atoms with E-state index in [9.17, 15) is 4.79 Å². The third-order valence-electron chi connectivity index (χ3n) is 3.66. The summed E-state index contributed by atoms with van der Waals surface area (Å²) in [7, 11) is 0. The molecule has 1 aliphatic rings. The highest BCUT2D eigenvalue weighted by molar-refractivity contribution is 8.16. The Morgan fingerprint density at radius 2 is 1.96 bits per heavy atom. The van der Waals surface area contributed by atoms with Gasteiger partial charge in [-0.05, 0) is 53.8 Å². The second kappa shape index (κ2) is 8.89. The fourth-order valence-electron chi connectivity index (χ4n) is 2.43. The number of nitrogens with one attached hydrogen (secondary N) is 1. The molecule has 128 valence electrons. The summed E-state index contributed by atoms with van der Waals surface area (Å²) < 4.78 is 6.08. The molecule has 0 aromatic heterocycles. The number of benzene rings is 2. The Kier molecular flexibility index (Phi) is 6.32. The van der Waals surface area contributed by atoms with Gasteiger partial charge in [-0.15, -0.1) is 29.9 Å². The minimum atomic E-state index is -0.211. The summed E-state index contributed by atoms with van der Waals surface area (Å²) in [4.78, 5) is 12.0. The van der Waals surface area contributed by atoms with Crippen molar-refractivity contribution in [3.8, 4) is 18.1 Å². The van der Waals surface area contributed by atoms with Crippen LogP contribution in [0.2, 0.25) is 0 Å². The van der Waals surface area contributed by atoms with Crippen LogP contribution in [0.25, 0.3) is 0 Å². The van der Waals surface area contributed by atoms with E-state index in [1.54, 1.807) is 12.1 Å². The van der Waals surface area contributed by atoms with Crippen LogP contribution >= 0.6 is 23.5 Å². The molecule has 2 aromatic rings. The van der Waals surface area contributed by atoms with Crippen molar-refractivity contribution >= 4 is 35.1 Å². The van der Waals surface area contributed by atoms with E-state index in [1.807, 2.05) is 47.8 Å². The van der Waals surface area contributed by atoms with Gasteiger partial charge in [0.25, 0.3) is 5.91 Å². The molecule has 0 saturated carbocycles. The molecule has 1 fully saturated rings. The molecule has 25 heavy (non-hydrogen) atoms. The minimum absolute atomic E-state index is 0.0352. The van der Waals surface area contributed by atoms with Crippen molar-refractivity contribution < 1.29 is 9.53 Å². The number of hydrogen-bond donors (Lipinski definition) is 1. The van der Waals surface area contributed by atoms with Crippen molar-refractivity contribution in [3.05, 3.63) is 59.7 Å². The van der Waals surface area contributed by atoms with Crippen molar-refractivity contribution in [1.29, 1.82) is 0 Å². The number of hydrogen-bond acceptors (Lipinski definition) is 4. The lowest BCUT2D eigenvalue weighted by Crippen LogP contribution is -2.20. The third kappa shape index (κ3) is 5.22. The summed E-state index contributed by atoms with van der Waals surface area (Å²) in [6.45, 7) is -0.0352. The number of carbonyl (C=O) groups excluding carboxylic acids is 1. The first-order chi connectivity index (χ1) is 12.2. The third-order valence-corrected chi connectivity index (χ3v) is 6.68. The van der Waals surface area contributed by atoms with E-state index in [0.717, 1.165) is 5.56 Å².